The van der Waals surface area contributed by atoms with E-state index in [-0.39, 0.29) is 12.4 Å². The minimum Gasteiger partial charge on any atom is -0.411 e. The monoisotopic (exact) mass is 147 g/mol. The molecule has 1 N–H and O–H groups in total. The molecule has 0 aromatic rings. The molecule has 0 aliphatic heterocycles. The fraction of sp³-hybridized carbons (Fsp3) is 0.500. The largest absolute Gasteiger partial charge is 0.411 e. The third kappa shape index (κ3) is 2.51. The van der Waals surface area contributed by atoms with Crippen molar-refractivity contribution in [2.24, 2.45) is 5.16 Å². The van der Waals surface area contributed by atoms with E-state index in [0.29, 0.717) is 0 Å². The highest BCUT2D eigenvalue weighted by molar-refractivity contribution is 5.94. The lowest BCUT2D eigenvalue weighted by atomic mass is 10.1. The van der Waals surface area contributed by atoms with Gasteiger partial charge in [0.05, 0.1) is 5.71 Å². The maximum absolute atomic E-state index is 8.23. The molecule has 0 saturated carbocycles. The van der Waals surface area contributed by atoms with Crippen molar-refractivity contribution in [1.82, 2.24) is 0 Å². The number of allylic oxidation sites excluding steroid dienone is 2. The van der Waals surface area contributed by atoms with Gasteiger partial charge in [-0.2, -0.15) is 0 Å². The second-order valence-corrected chi connectivity index (χ2v) is 1.89. The minimum absolute atomic E-state index is 0. The summed E-state index contributed by atoms with van der Waals surface area (Å²) in [6.07, 6.45) is 7.06. The van der Waals surface area contributed by atoms with Gasteiger partial charge in [-0.15, -0.1) is 12.4 Å². The molecule has 1 aliphatic rings. The Bertz CT molecular complexity index is 131. The topological polar surface area (TPSA) is 32.6 Å². The Balaban J connectivity index is 0.000000640. The van der Waals surface area contributed by atoms with Crippen LogP contribution in [0.2, 0.25) is 0 Å². The lowest BCUT2D eigenvalue weighted by Gasteiger charge is -2.01. The van der Waals surface area contributed by atoms with Gasteiger partial charge in [0.2, 0.25) is 0 Å². The molecule has 0 spiro atoms. The molecule has 0 fully saturated rings. The lowest BCUT2D eigenvalue weighted by molar-refractivity contribution is 0.318. The molecular weight excluding hydrogens is 138 g/mol. The average Bonchev–Trinajstić information content (AvgIpc) is 1.90. The third-order valence-electron chi connectivity index (χ3n) is 1.24. The van der Waals surface area contributed by atoms with E-state index in [1.165, 1.54) is 0 Å². The Morgan fingerprint density at radius 2 is 2.33 bits per heavy atom. The van der Waals surface area contributed by atoms with Crippen LogP contribution in [0.25, 0.3) is 0 Å². The molecule has 0 saturated heterocycles. The Labute approximate surface area is 60.7 Å². The summed E-state index contributed by atoms with van der Waals surface area (Å²) in [5.41, 5.74) is 0.802. The van der Waals surface area contributed by atoms with Gasteiger partial charge in [-0.1, -0.05) is 11.2 Å². The summed E-state index contributed by atoms with van der Waals surface area (Å²) in [6, 6.07) is 0. The fourth-order valence-electron chi connectivity index (χ4n) is 0.787. The van der Waals surface area contributed by atoms with Gasteiger partial charge in [0.1, 0.15) is 0 Å². The van der Waals surface area contributed by atoms with Crippen LogP contribution in [0.4, 0.5) is 0 Å². The summed E-state index contributed by atoms with van der Waals surface area (Å²) < 4.78 is 0. The molecule has 3 heteroatoms. The predicted octanol–water partition coefficient (Wildman–Crippen LogP) is 1.98. The molecule has 0 atom stereocenters. The number of halogens is 1. The average molecular weight is 148 g/mol. The van der Waals surface area contributed by atoms with Gasteiger partial charge in [-0.3, -0.25) is 0 Å². The van der Waals surface area contributed by atoms with Crippen molar-refractivity contribution < 1.29 is 5.21 Å². The maximum Gasteiger partial charge on any atom is 0.0792 e. The molecule has 9 heavy (non-hydrogen) atoms. The predicted molar refractivity (Wildman–Crippen MR) is 39.5 cm³/mol. The second kappa shape index (κ2) is 4.39. The second-order valence-electron chi connectivity index (χ2n) is 1.89. The van der Waals surface area contributed by atoms with Crippen molar-refractivity contribution in [3.05, 3.63) is 12.2 Å². The van der Waals surface area contributed by atoms with Gasteiger partial charge in [0.25, 0.3) is 0 Å². The van der Waals surface area contributed by atoms with E-state index in [2.05, 4.69) is 5.16 Å². The highest BCUT2D eigenvalue weighted by atomic mass is 35.5. The van der Waals surface area contributed by atoms with Crippen molar-refractivity contribution in [1.29, 1.82) is 0 Å². The van der Waals surface area contributed by atoms with Crippen LogP contribution >= 0.6 is 12.4 Å². The summed E-state index contributed by atoms with van der Waals surface area (Å²) in [4.78, 5) is 0. The first kappa shape index (κ1) is 8.50. The summed E-state index contributed by atoms with van der Waals surface area (Å²) in [7, 11) is 0. The van der Waals surface area contributed by atoms with Crippen LogP contribution in [-0.2, 0) is 0 Å². The standard InChI is InChI=1S/C6H9NO.ClH/c8-7-6-4-2-1-3-5-6;/h2,4,8H,1,3,5H2;1H/b7-6+;. The van der Waals surface area contributed by atoms with Gasteiger partial charge in [0.15, 0.2) is 0 Å². The van der Waals surface area contributed by atoms with Crippen molar-refractivity contribution in [3.8, 4) is 0 Å². The third-order valence-corrected chi connectivity index (χ3v) is 1.24. The smallest absolute Gasteiger partial charge is 0.0792 e. The maximum atomic E-state index is 8.23. The quantitative estimate of drug-likeness (QED) is 0.413. The van der Waals surface area contributed by atoms with Crippen molar-refractivity contribution in [2.75, 3.05) is 0 Å². The number of rotatable bonds is 0. The molecule has 0 bridgehead atoms. The molecule has 52 valence electrons. The molecular formula is C6H10ClNO. The fourth-order valence-corrected chi connectivity index (χ4v) is 0.787. The van der Waals surface area contributed by atoms with Gasteiger partial charge in [-0.05, 0) is 25.3 Å². The molecule has 0 heterocycles. The first-order valence-electron chi connectivity index (χ1n) is 2.81. The van der Waals surface area contributed by atoms with Crippen LogP contribution in [0, 0.1) is 0 Å². The molecule has 0 unspecified atom stereocenters. The van der Waals surface area contributed by atoms with Crippen LogP contribution in [0.1, 0.15) is 19.3 Å². The summed E-state index contributed by atoms with van der Waals surface area (Å²) in [5, 5.41) is 11.3. The molecule has 0 aromatic heterocycles. The summed E-state index contributed by atoms with van der Waals surface area (Å²) in [5.74, 6) is 0. The zero-order valence-corrected chi connectivity index (χ0v) is 5.90. The zero-order chi connectivity index (χ0) is 5.82. The molecule has 0 radical (unpaired) electrons. The van der Waals surface area contributed by atoms with E-state index < -0.39 is 0 Å². The zero-order valence-electron chi connectivity index (χ0n) is 5.08. The van der Waals surface area contributed by atoms with Crippen molar-refractivity contribution in [3.63, 3.8) is 0 Å². The van der Waals surface area contributed by atoms with E-state index in [1.807, 2.05) is 12.2 Å². The lowest BCUT2D eigenvalue weighted by Crippen LogP contribution is -1.97. The van der Waals surface area contributed by atoms with Gasteiger partial charge in [0, 0.05) is 0 Å². The van der Waals surface area contributed by atoms with Crippen LogP contribution in [0.5, 0.6) is 0 Å². The Hall–Kier alpha value is -0.500. The van der Waals surface area contributed by atoms with E-state index in [9.17, 15) is 0 Å². The van der Waals surface area contributed by atoms with E-state index in [4.69, 9.17) is 5.21 Å². The van der Waals surface area contributed by atoms with Crippen LogP contribution in [0.3, 0.4) is 0 Å². The van der Waals surface area contributed by atoms with E-state index in [1.54, 1.807) is 0 Å². The van der Waals surface area contributed by atoms with Crippen LogP contribution in [0.15, 0.2) is 17.3 Å². The number of hydrogen-bond donors (Lipinski definition) is 1. The van der Waals surface area contributed by atoms with Gasteiger partial charge in [-0.25, -0.2) is 0 Å². The Kier molecular flexibility index (Phi) is 4.14. The van der Waals surface area contributed by atoms with E-state index in [0.717, 1.165) is 25.0 Å². The molecule has 0 aromatic carbocycles. The summed E-state index contributed by atoms with van der Waals surface area (Å²) >= 11 is 0. The number of hydrogen-bond acceptors (Lipinski definition) is 2. The van der Waals surface area contributed by atoms with Gasteiger partial charge < -0.3 is 5.21 Å². The van der Waals surface area contributed by atoms with Gasteiger partial charge >= 0.3 is 0 Å². The molecule has 0 amide bonds. The minimum atomic E-state index is 0. The molecule has 2 nitrogen and oxygen atoms in total. The Morgan fingerprint density at radius 3 is 2.67 bits per heavy atom. The Morgan fingerprint density at radius 1 is 1.56 bits per heavy atom. The first-order chi connectivity index (χ1) is 3.93. The first-order valence-corrected chi connectivity index (χ1v) is 2.81. The SMILES string of the molecule is Cl.O/N=C1\C=CCCC1. The van der Waals surface area contributed by atoms with Crippen LogP contribution < -0.4 is 0 Å². The van der Waals surface area contributed by atoms with Crippen molar-refractivity contribution in [2.45, 2.75) is 19.3 Å². The normalized spacial score (nSPS) is 21.6. The molecule has 1 rings (SSSR count). The number of oxime groups is 1. The summed E-state index contributed by atoms with van der Waals surface area (Å²) in [6.45, 7) is 0. The van der Waals surface area contributed by atoms with E-state index >= 15 is 0 Å². The van der Waals surface area contributed by atoms with Crippen LogP contribution in [-0.4, -0.2) is 10.9 Å². The van der Waals surface area contributed by atoms with Crippen molar-refractivity contribution >= 4 is 18.1 Å². The number of nitrogens with zero attached hydrogens (tertiary/aromatic N) is 1. The highest BCUT2D eigenvalue weighted by Crippen LogP contribution is 2.06. The molecule has 1 aliphatic carbocycles. The highest BCUT2D eigenvalue weighted by Gasteiger charge is 1.98.